The molecule has 49 heavy (non-hydrogen) atoms. The summed E-state index contributed by atoms with van der Waals surface area (Å²) in [5.41, 5.74) is 1.63. The third-order valence-electron chi connectivity index (χ3n) is 10.3. The maximum absolute atomic E-state index is 14.6. The molecule has 4 aromatic rings. The summed E-state index contributed by atoms with van der Waals surface area (Å²) in [6, 6.07) is 11.6. The van der Waals surface area contributed by atoms with Crippen LogP contribution in [0.5, 0.6) is 11.8 Å². The van der Waals surface area contributed by atoms with E-state index in [9.17, 15) is 9.18 Å². The molecule has 3 atom stereocenters. The first-order valence-electron chi connectivity index (χ1n) is 17.0. The number of benzene rings is 2. The second kappa shape index (κ2) is 12.7. The van der Waals surface area contributed by atoms with Gasteiger partial charge in [-0.15, -0.1) is 0 Å². The Bertz CT molecular complexity index is 2000. The molecule has 4 aliphatic rings. The van der Waals surface area contributed by atoms with E-state index in [2.05, 4.69) is 21.2 Å². The number of carbonyl (C=O) groups is 1. The molecule has 1 aliphatic carbocycles. The summed E-state index contributed by atoms with van der Waals surface area (Å²) in [5.74, 6) is 0.921. The van der Waals surface area contributed by atoms with E-state index in [1.165, 1.54) is 6.08 Å². The van der Waals surface area contributed by atoms with Crippen molar-refractivity contribution in [3.63, 3.8) is 0 Å². The van der Waals surface area contributed by atoms with Crippen LogP contribution in [0.4, 0.5) is 10.2 Å². The van der Waals surface area contributed by atoms with Crippen LogP contribution >= 0.6 is 11.6 Å². The van der Waals surface area contributed by atoms with Crippen molar-refractivity contribution in [3.05, 3.63) is 71.7 Å². The van der Waals surface area contributed by atoms with Crippen molar-refractivity contribution >= 4 is 45.0 Å². The topological polar surface area (TPSA) is 88.3 Å². The van der Waals surface area contributed by atoms with Crippen LogP contribution in [0, 0.1) is 6.57 Å². The summed E-state index contributed by atoms with van der Waals surface area (Å²) in [6.45, 7) is 14.2. The van der Waals surface area contributed by atoms with E-state index < -0.39 is 6.17 Å². The van der Waals surface area contributed by atoms with Crippen molar-refractivity contribution in [3.8, 4) is 23.0 Å². The first-order chi connectivity index (χ1) is 23.9. The molecule has 0 spiro atoms. The highest BCUT2D eigenvalue weighted by Gasteiger charge is 2.49. The number of piperazine rings is 1. The van der Waals surface area contributed by atoms with Gasteiger partial charge in [0.1, 0.15) is 35.8 Å². The van der Waals surface area contributed by atoms with E-state index in [4.69, 9.17) is 42.6 Å². The zero-order valence-corrected chi connectivity index (χ0v) is 27.9. The normalized spacial score (nSPS) is 23.9. The van der Waals surface area contributed by atoms with Gasteiger partial charge >= 0.3 is 6.01 Å². The van der Waals surface area contributed by atoms with Crippen LogP contribution in [0.2, 0.25) is 5.02 Å². The predicted molar refractivity (Wildman–Crippen MR) is 187 cm³/mol. The van der Waals surface area contributed by atoms with Crippen LogP contribution in [-0.4, -0.2) is 100 Å². The quantitative estimate of drug-likeness (QED) is 0.154. The van der Waals surface area contributed by atoms with Crippen LogP contribution in [0.1, 0.15) is 32.1 Å². The molecule has 2 aromatic heterocycles. The molecular weight excluding hydrogens is 645 g/mol. The third-order valence-corrected chi connectivity index (χ3v) is 10.7. The van der Waals surface area contributed by atoms with Gasteiger partial charge in [-0.2, -0.15) is 9.97 Å². The third kappa shape index (κ3) is 5.81. The van der Waals surface area contributed by atoms with E-state index in [0.29, 0.717) is 65.8 Å². The molecule has 8 rings (SSSR count). The minimum atomic E-state index is -0.884. The van der Waals surface area contributed by atoms with E-state index >= 15 is 0 Å². The summed E-state index contributed by atoms with van der Waals surface area (Å²) in [6.07, 6.45) is 6.34. The molecule has 1 amide bonds. The minimum absolute atomic E-state index is 0.0294. The molecule has 1 saturated carbocycles. The lowest BCUT2D eigenvalue weighted by molar-refractivity contribution is -0.128. The summed E-state index contributed by atoms with van der Waals surface area (Å²) in [5, 5.41) is 3.14. The molecule has 252 valence electrons. The lowest BCUT2D eigenvalue weighted by Gasteiger charge is -2.39. The monoisotopic (exact) mass is 681 g/mol. The van der Waals surface area contributed by atoms with Crippen molar-refractivity contribution in [2.24, 2.45) is 0 Å². The Balaban J connectivity index is 1.27. The summed E-state index contributed by atoms with van der Waals surface area (Å²) < 4.78 is 27.8. The van der Waals surface area contributed by atoms with Gasteiger partial charge in [0.2, 0.25) is 12.5 Å². The number of hydrogen-bond acceptors (Lipinski definition) is 8. The van der Waals surface area contributed by atoms with Crippen molar-refractivity contribution in [1.82, 2.24) is 24.8 Å². The number of aromatic nitrogens is 3. The van der Waals surface area contributed by atoms with Crippen LogP contribution in [0.15, 0.2) is 55.3 Å². The molecule has 0 radical (unpaired) electrons. The first-order valence-corrected chi connectivity index (χ1v) is 17.3. The van der Waals surface area contributed by atoms with Gasteiger partial charge in [-0.3, -0.25) is 14.7 Å². The summed E-state index contributed by atoms with van der Waals surface area (Å²) in [7, 11) is 0. The van der Waals surface area contributed by atoms with E-state index in [0.717, 1.165) is 48.6 Å². The van der Waals surface area contributed by atoms with E-state index in [-0.39, 0.29) is 42.8 Å². The molecular formula is C37H37ClFN7O3. The number of carbonyl (C=O) groups excluding carboxylic acids is 1. The van der Waals surface area contributed by atoms with E-state index in [1.54, 1.807) is 11.1 Å². The van der Waals surface area contributed by atoms with Gasteiger partial charge in [0.05, 0.1) is 17.0 Å². The first kappa shape index (κ1) is 31.7. The second-order valence-electron chi connectivity index (χ2n) is 13.5. The number of rotatable bonds is 9. The highest BCUT2D eigenvalue weighted by atomic mass is 35.5. The fourth-order valence-electron chi connectivity index (χ4n) is 7.85. The molecule has 3 saturated heterocycles. The Morgan fingerprint density at radius 3 is 2.80 bits per heavy atom. The highest BCUT2D eigenvalue weighted by Crippen LogP contribution is 2.45. The fraction of sp³-hybridized carbons (Fsp3) is 0.432. The van der Waals surface area contributed by atoms with Gasteiger partial charge in [-0.05, 0) is 49.8 Å². The Kier molecular flexibility index (Phi) is 8.24. The fourth-order valence-corrected chi connectivity index (χ4v) is 8.13. The van der Waals surface area contributed by atoms with Gasteiger partial charge < -0.3 is 24.1 Å². The van der Waals surface area contributed by atoms with Gasteiger partial charge in [-0.1, -0.05) is 48.5 Å². The number of amides is 1. The zero-order chi connectivity index (χ0) is 33.7. The molecule has 0 N–H and O–H groups in total. The number of pyridine rings is 1. The van der Waals surface area contributed by atoms with Crippen LogP contribution < -0.4 is 14.4 Å². The number of fused-ring (bicyclic) bond motifs is 3. The van der Waals surface area contributed by atoms with Crippen molar-refractivity contribution in [2.45, 2.75) is 56.0 Å². The van der Waals surface area contributed by atoms with Crippen molar-refractivity contribution in [2.75, 3.05) is 50.8 Å². The molecule has 10 nitrogen and oxygen atoms in total. The Morgan fingerprint density at radius 1 is 1.16 bits per heavy atom. The van der Waals surface area contributed by atoms with Crippen molar-refractivity contribution in [1.29, 1.82) is 0 Å². The number of anilines is 1. The van der Waals surface area contributed by atoms with Gasteiger partial charge in [0, 0.05) is 54.8 Å². The highest BCUT2D eigenvalue weighted by molar-refractivity contribution is 6.36. The molecule has 5 heterocycles. The molecule has 4 fully saturated rings. The number of alkyl halides is 1. The van der Waals surface area contributed by atoms with E-state index in [1.807, 2.05) is 36.4 Å². The summed E-state index contributed by atoms with van der Waals surface area (Å²) in [4.78, 5) is 37.3. The van der Waals surface area contributed by atoms with Crippen LogP contribution in [0.25, 0.3) is 37.8 Å². The molecule has 3 aliphatic heterocycles. The zero-order valence-electron chi connectivity index (χ0n) is 27.2. The van der Waals surface area contributed by atoms with Crippen LogP contribution in [0.3, 0.4) is 0 Å². The lowest BCUT2D eigenvalue weighted by atomic mass is 9.95. The minimum Gasteiger partial charge on any atom is -0.486 e. The van der Waals surface area contributed by atoms with Crippen molar-refractivity contribution < 1.29 is 18.7 Å². The Morgan fingerprint density at radius 2 is 2.00 bits per heavy atom. The Labute approximate surface area is 289 Å². The average Bonchev–Trinajstić information content (AvgIpc) is 3.77. The summed E-state index contributed by atoms with van der Waals surface area (Å²) >= 11 is 6.79. The average molecular weight is 682 g/mol. The Hall–Kier alpha value is -4.53. The van der Waals surface area contributed by atoms with Gasteiger partial charge in [-0.25, -0.2) is 11.0 Å². The predicted octanol–water partition coefficient (Wildman–Crippen LogP) is 6.12. The molecule has 0 bridgehead atoms. The number of ether oxygens (including phenoxy) is 2. The maximum Gasteiger partial charge on any atom is 0.319 e. The van der Waals surface area contributed by atoms with Gasteiger partial charge in [0.15, 0.2) is 5.75 Å². The molecule has 2 aromatic carbocycles. The standard InChI is InChI=1S/C37H37ClFN7O3/c1-3-30(47)46-16-15-44(21-25(46)18-40-2)35-28-19-41-32(27-9-4-7-23-8-5-10-29(38)31(23)27)34(49-26-11-12-26)33(28)42-36(43-35)48-22-37-13-6-14-45(37)20-24(39)17-37/h3-5,7-10,19,24-26H,1,6,11-18,20-22H2/t24-,25+,37+/m1/s1. The maximum atomic E-state index is 14.6. The number of halogens is 2. The molecule has 0 unspecified atom stereocenters. The van der Waals surface area contributed by atoms with Gasteiger partial charge in [0.25, 0.3) is 0 Å². The molecule has 12 heteroatoms. The largest absolute Gasteiger partial charge is 0.486 e. The van der Waals surface area contributed by atoms with Crippen LogP contribution in [-0.2, 0) is 4.79 Å². The number of hydrogen-bond donors (Lipinski definition) is 0. The lowest BCUT2D eigenvalue weighted by Crippen LogP contribution is -2.56. The number of nitrogens with zero attached hydrogens (tertiary/aromatic N) is 7. The second-order valence-corrected chi connectivity index (χ2v) is 13.9. The smallest absolute Gasteiger partial charge is 0.319 e. The SMILES string of the molecule is [C-]#[N+]C[C@H]1CN(c2nc(OC[C@@]34CCCN3C[C@H](F)C4)nc3c(OC4CC4)c(-c4cccc5cccc(Cl)c45)ncc23)CCN1C(=O)C=C.